The second-order valence-electron chi connectivity index (χ2n) is 8.21. The van der Waals surface area contributed by atoms with Crippen molar-refractivity contribution < 1.29 is 14.4 Å². The molecule has 2 heterocycles. The number of rotatable bonds is 8. The fraction of sp³-hybridized carbons (Fsp3) is 0.240. The van der Waals surface area contributed by atoms with Gasteiger partial charge >= 0.3 is 5.69 Å². The molecule has 0 saturated carbocycles. The Balaban J connectivity index is 1.69. The number of nitrogens with one attached hydrogen (secondary N) is 1. The first-order valence-corrected chi connectivity index (χ1v) is 11.3. The average Bonchev–Trinajstić information content (AvgIpc) is 3.09. The van der Waals surface area contributed by atoms with Crippen LogP contribution in [0.3, 0.4) is 0 Å². The number of carbonyl (C=O) groups excluding carboxylic acids is 3. The molecule has 3 amide bonds. The number of H-pyrrole nitrogens is 1. The highest BCUT2D eigenvalue weighted by atomic mass is 16.2. The van der Waals surface area contributed by atoms with E-state index < -0.39 is 35.5 Å². The number of amides is 3. The zero-order chi connectivity index (χ0) is 25.1. The van der Waals surface area contributed by atoms with Gasteiger partial charge in [0.05, 0.1) is 17.7 Å². The van der Waals surface area contributed by atoms with Crippen LogP contribution in [0.15, 0.2) is 64.2 Å². The fourth-order valence-electron chi connectivity index (χ4n) is 4.04. The van der Waals surface area contributed by atoms with Gasteiger partial charge in [-0.25, -0.2) is 4.79 Å². The molecule has 0 radical (unpaired) electrons. The van der Waals surface area contributed by atoms with Gasteiger partial charge in [-0.15, -0.1) is 0 Å². The molecule has 1 aliphatic rings. The molecule has 1 aromatic heterocycles. The van der Waals surface area contributed by atoms with Crippen LogP contribution in [-0.2, 0) is 11.3 Å². The first-order chi connectivity index (χ1) is 16.8. The molecule has 180 valence electrons. The Morgan fingerprint density at radius 1 is 0.943 bits per heavy atom. The number of unbranched alkanes of at least 4 members (excludes halogenated alkanes) is 1. The van der Waals surface area contributed by atoms with Gasteiger partial charge < -0.3 is 10.6 Å². The summed E-state index contributed by atoms with van der Waals surface area (Å²) < 4.78 is 1.18. The van der Waals surface area contributed by atoms with Gasteiger partial charge in [0.15, 0.2) is 5.69 Å². The number of nitrogens with two attached hydrogens (primary N) is 1. The molecular weight excluding hydrogens is 450 g/mol. The van der Waals surface area contributed by atoms with E-state index in [2.05, 4.69) is 4.98 Å². The normalized spacial score (nSPS) is 12.7. The van der Waals surface area contributed by atoms with E-state index in [1.54, 1.807) is 24.3 Å². The van der Waals surface area contributed by atoms with E-state index in [4.69, 9.17) is 5.73 Å². The Hall–Kier alpha value is -4.47. The Morgan fingerprint density at radius 3 is 2.14 bits per heavy atom. The number of aromatic nitrogens is 2. The van der Waals surface area contributed by atoms with Gasteiger partial charge in [0.25, 0.3) is 17.4 Å². The van der Waals surface area contributed by atoms with Crippen LogP contribution >= 0.6 is 0 Å². The summed E-state index contributed by atoms with van der Waals surface area (Å²) >= 11 is 0. The van der Waals surface area contributed by atoms with Crippen LogP contribution in [0.2, 0.25) is 0 Å². The highest BCUT2D eigenvalue weighted by Gasteiger charge is 2.37. The second kappa shape index (κ2) is 9.80. The minimum Gasteiger partial charge on any atom is -0.383 e. The molecule has 0 atom stereocenters. The first kappa shape index (κ1) is 23.7. The van der Waals surface area contributed by atoms with E-state index in [1.165, 1.54) is 16.7 Å². The van der Waals surface area contributed by atoms with Crippen molar-refractivity contribution in [1.29, 1.82) is 0 Å². The summed E-state index contributed by atoms with van der Waals surface area (Å²) in [6.07, 6.45) is 1.24. The minimum atomic E-state index is -0.816. The molecule has 10 heteroatoms. The van der Waals surface area contributed by atoms with Crippen LogP contribution in [0.1, 0.15) is 46.0 Å². The van der Waals surface area contributed by atoms with Crippen molar-refractivity contribution >= 4 is 29.2 Å². The van der Waals surface area contributed by atoms with Crippen LogP contribution in [0, 0.1) is 0 Å². The number of carbonyl (C=O) groups is 3. The summed E-state index contributed by atoms with van der Waals surface area (Å²) in [7, 11) is 0. The molecule has 0 fully saturated rings. The molecule has 0 unspecified atom stereocenters. The zero-order valence-electron chi connectivity index (χ0n) is 19.2. The van der Waals surface area contributed by atoms with Crippen LogP contribution in [0.4, 0.5) is 11.5 Å². The fourth-order valence-corrected chi connectivity index (χ4v) is 4.04. The number of benzene rings is 2. The molecule has 0 saturated heterocycles. The minimum absolute atomic E-state index is 0.0868. The number of hydrogen-bond donors (Lipinski definition) is 2. The molecule has 10 nitrogen and oxygen atoms in total. The van der Waals surface area contributed by atoms with Gasteiger partial charge in [0, 0.05) is 6.54 Å². The number of hydrogen-bond acceptors (Lipinski definition) is 6. The molecule has 35 heavy (non-hydrogen) atoms. The lowest BCUT2D eigenvalue weighted by Gasteiger charge is -2.26. The Bertz CT molecular complexity index is 1370. The zero-order valence-corrected chi connectivity index (χ0v) is 19.2. The van der Waals surface area contributed by atoms with E-state index in [1.807, 2.05) is 25.1 Å². The number of aromatic amines is 1. The largest absolute Gasteiger partial charge is 0.383 e. The maximum Gasteiger partial charge on any atom is 0.330 e. The molecule has 3 N–H and O–H groups in total. The van der Waals surface area contributed by atoms with E-state index >= 15 is 0 Å². The van der Waals surface area contributed by atoms with Crippen molar-refractivity contribution in [3.63, 3.8) is 0 Å². The molecule has 4 rings (SSSR count). The maximum absolute atomic E-state index is 13.4. The van der Waals surface area contributed by atoms with Crippen molar-refractivity contribution in [2.75, 3.05) is 23.7 Å². The standard InChI is InChI=1S/C25H25N5O5/c1-2-3-13-28(19(31)15-30-23(33)17-11-7-8-12-18(17)24(30)34)20-21(26)29(25(35)27-22(20)32)14-16-9-5-4-6-10-16/h4-12H,2-3,13-15,26H2,1H3,(H,27,32,35). The maximum atomic E-state index is 13.4. The van der Waals surface area contributed by atoms with Gasteiger partial charge in [-0.3, -0.25) is 33.6 Å². The lowest BCUT2D eigenvalue weighted by Crippen LogP contribution is -2.46. The van der Waals surface area contributed by atoms with Gasteiger partial charge in [-0.1, -0.05) is 55.8 Å². The predicted octanol–water partition coefficient (Wildman–Crippen LogP) is 1.60. The predicted molar refractivity (Wildman–Crippen MR) is 130 cm³/mol. The second-order valence-corrected chi connectivity index (χ2v) is 8.21. The Morgan fingerprint density at radius 2 is 1.54 bits per heavy atom. The third kappa shape index (κ3) is 4.50. The van der Waals surface area contributed by atoms with Crippen molar-refractivity contribution in [3.8, 4) is 0 Å². The van der Waals surface area contributed by atoms with Gasteiger partial charge in [0.1, 0.15) is 12.4 Å². The van der Waals surface area contributed by atoms with Crippen LogP contribution in [0.5, 0.6) is 0 Å². The van der Waals surface area contributed by atoms with E-state index in [-0.39, 0.29) is 35.7 Å². The molecule has 1 aliphatic heterocycles. The van der Waals surface area contributed by atoms with E-state index in [0.717, 1.165) is 15.4 Å². The van der Waals surface area contributed by atoms with Gasteiger partial charge in [-0.05, 0) is 24.1 Å². The third-order valence-electron chi connectivity index (χ3n) is 5.88. The summed E-state index contributed by atoms with van der Waals surface area (Å²) in [4.78, 5) is 68.5. The third-order valence-corrected chi connectivity index (χ3v) is 5.88. The lowest BCUT2D eigenvalue weighted by atomic mass is 10.1. The summed E-state index contributed by atoms with van der Waals surface area (Å²) in [5.74, 6) is -1.99. The molecule has 0 aliphatic carbocycles. The molecule has 0 spiro atoms. The molecule has 0 bridgehead atoms. The van der Waals surface area contributed by atoms with E-state index in [0.29, 0.717) is 12.8 Å². The average molecular weight is 476 g/mol. The highest BCUT2D eigenvalue weighted by Crippen LogP contribution is 2.24. The monoisotopic (exact) mass is 475 g/mol. The SMILES string of the molecule is CCCCN(C(=O)CN1C(=O)c2ccccc2C1=O)c1c(N)n(Cc2ccccc2)c(=O)[nH]c1=O. The first-order valence-electron chi connectivity index (χ1n) is 11.3. The van der Waals surface area contributed by atoms with Crippen LogP contribution in [-0.4, -0.2) is 45.3 Å². The number of imide groups is 1. The summed E-state index contributed by atoms with van der Waals surface area (Å²) in [5, 5.41) is 0. The number of nitrogen functional groups attached to an aromatic ring is 1. The summed E-state index contributed by atoms with van der Waals surface area (Å²) in [6.45, 7) is 1.56. The number of anilines is 2. The van der Waals surface area contributed by atoms with Gasteiger partial charge in [0.2, 0.25) is 5.91 Å². The quantitative estimate of drug-likeness (QED) is 0.475. The Labute approximate surface area is 200 Å². The van der Waals surface area contributed by atoms with Crippen molar-refractivity contribution in [1.82, 2.24) is 14.5 Å². The summed E-state index contributed by atoms with van der Waals surface area (Å²) in [5.41, 5.74) is 5.79. The van der Waals surface area contributed by atoms with Gasteiger partial charge in [-0.2, -0.15) is 0 Å². The molecular formula is C25H25N5O5. The Kier molecular flexibility index (Phi) is 6.63. The number of nitrogens with zero attached hydrogens (tertiary/aromatic N) is 3. The molecule has 3 aromatic rings. The van der Waals surface area contributed by atoms with Crippen molar-refractivity contribution in [3.05, 3.63) is 92.1 Å². The highest BCUT2D eigenvalue weighted by molar-refractivity contribution is 6.22. The van der Waals surface area contributed by atoms with E-state index in [9.17, 15) is 24.0 Å². The van der Waals surface area contributed by atoms with Crippen molar-refractivity contribution in [2.45, 2.75) is 26.3 Å². The van der Waals surface area contributed by atoms with Crippen LogP contribution < -0.4 is 21.9 Å². The van der Waals surface area contributed by atoms with Crippen molar-refractivity contribution in [2.24, 2.45) is 0 Å². The number of fused-ring (bicyclic) bond motifs is 1. The molecule has 2 aromatic carbocycles. The summed E-state index contributed by atoms with van der Waals surface area (Å²) in [6, 6.07) is 15.4. The smallest absolute Gasteiger partial charge is 0.330 e. The topological polar surface area (TPSA) is 139 Å². The lowest BCUT2D eigenvalue weighted by molar-refractivity contribution is -0.119. The van der Waals surface area contributed by atoms with Crippen LogP contribution in [0.25, 0.3) is 0 Å².